The van der Waals surface area contributed by atoms with Crippen molar-refractivity contribution in [2.24, 2.45) is 0 Å². The molecule has 0 radical (unpaired) electrons. The summed E-state index contributed by atoms with van der Waals surface area (Å²) in [5, 5.41) is 8.50. The van der Waals surface area contributed by atoms with Gasteiger partial charge in [0.25, 0.3) is 11.5 Å². The van der Waals surface area contributed by atoms with Crippen LogP contribution in [0.25, 0.3) is 10.8 Å². The monoisotopic (exact) mass is 370 g/mol. The van der Waals surface area contributed by atoms with Crippen molar-refractivity contribution in [3.63, 3.8) is 0 Å². The van der Waals surface area contributed by atoms with Gasteiger partial charge in [0.05, 0.1) is 11.4 Å². The van der Waals surface area contributed by atoms with Crippen LogP contribution < -0.4 is 10.9 Å². The Kier molecular flexibility index (Phi) is 6.61. The minimum absolute atomic E-state index is 0.100. The molecular formula is C21H30N4O2. The molecule has 1 amide bonds. The first-order valence-corrected chi connectivity index (χ1v) is 10.1. The molecule has 1 aliphatic heterocycles. The minimum atomic E-state index is -0.212. The number of hydrogen-bond donors (Lipinski definition) is 1. The number of carbonyl (C=O) groups is 1. The maximum Gasteiger partial charge on any atom is 0.274 e. The van der Waals surface area contributed by atoms with Crippen LogP contribution in [-0.4, -0.2) is 46.8 Å². The van der Waals surface area contributed by atoms with Crippen LogP contribution >= 0.6 is 0 Å². The summed E-state index contributed by atoms with van der Waals surface area (Å²) in [7, 11) is 0. The Morgan fingerprint density at radius 1 is 1.11 bits per heavy atom. The maximum absolute atomic E-state index is 12.7. The molecule has 3 rings (SSSR count). The molecule has 146 valence electrons. The summed E-state index contributed by atoms with van der Waals surface area (Å²) >= 11 is 0. The second-order valence-corrected chi connectivity index (χ2v) is 7.60. The number of benzene rings is 1. The average Bonchev–Trinajstić information content (AvgIpc) is 2.94. The van der Waals surface area contributed by atoms with Gasteiger partial charge in [0.2, 0.25) is 0 Å². The molecule has 6 heteroatoms. The van der Waals surface area contributed by atoms with Crippen LogP contribution in [0.5, 0.6) is 0 Å². The van der Waals surface area contributed by atoms with E-state index in [9.17, 15) is 9.59 Å². The lowest BCUT2D eigenvalue weighted by Gasteiger charge is -2.19. The van der Waals surface area contributed by atoms with Gasteiger partial charge < -0.3 is 10.2 Å². The summed E-state index contributed by atoms with van der Waals surface area (Å²) < 4.78 is 1.40. The summed E-state index contributed by atoms with van der Waals surface area (Å²) in [4.78, 5) is 27.8. The molecule has 1 saturated heterocycles. The molecule has 0 saturated carbocycles. The van der Waals surface area contributed by atoms with E-state index in [0.29, 0.717) is 23.0 Å². The summed E-state index contributed by atoms with van der Waals surface area (Å²) in [5.74, 6) is -0.212. The van der Waals surface area contributed by atoms with Crippen molar-refractivity contribution in [1.82, 2.24) is 20.0 Å². The van der Waals surface area contributed by atoms with Crippen LogP contribution in [0.15, 0.2) is 29.1 Å². The second kappa shape index (κ2) is 9.13. The van der Waals surface area contributed by atoms with Crippen molar-refractivity contribution < 1.29 is 4.79 Å². The SMILES string of the molecule is CC(C)n1nc(C(=O)NCCCN2CCCCCC2)c2ccccc2c1=O. The second-order valence-electron chi connectivity index (χ2n) is 7.60. The summed E-state index contributed by atoms with van der Waals surface area (Å²) in [6, 6.07) is 7.10. The number of amides is 1. The Labute approximate surface area is 160 Å². The fourth-order valence-electron chi connectivity index (χ4n) is 3.67. The van der Waals surface area contributed by atoms with E-state index >= 15 is 0 Å². The molecule has 0 unspecified atom stereocenters. The fraction of sp³-hybridized carbons (Fsp3) is 0.571. The largest absolute Gasteiger partial charge is 0.351 e. The molecule has 1 aliphatic rings. The Bertz CT molecular complexity index is 836. The Morgan fingerprint density at radius 2 is 1.78 bits per heavy atom. The zero-order valence-corrected chi connectivity index (χ0v) is 16.4. The van der Waals surface area contributed by atoms with Gasteiger partial charge in [-0.3, -0.25) is 9.59 Å². The van der Waals surface area contributed by atoms with E-state index in [-0.39, 0.29) is 17.5 Å². The van der Waals surface area contributed by atoms with Crippen LogP contribution in [-0.2, 0) is 0 Å². The topological polar surface area (TPSA) is 67.2 Å². The van der Waals surface area contributed by atoms with Crippen LogP contribution in [0.4, 0.5) is 0 Å². The number of nitrogens with one attached hydrogen (secondary N) is 1. The van der Waals surface area contributed by atoms with E-state index in [1.54, 1.807) is 12.1 Å². The molecule has 1 N–H and O–H groups in total. The fourth-order valence-corrected chi connectivity index (χ4v) is 3.67. The van der Waals surface area contributed by atoms with Crippen LogP contribution in [0.3, 0.4) is 0 Å². The quantitative estimate of drug-likeness (QED) is 0.794. The first-order valence-electron chi connectivity index (χ1n) is 10.1. The van der Waals surface area contributed by atoms with Gasteiger partial charge >= 0.3 is 0 Å². The molecule has 6 nitrogen and oxygen atoms in total. The third-order valence-electron chi connectivity index (χ3n) is 5.17. The lowest BCUT2D eigenvalue weighted by Crippen LogP contribution is -2.33. The highest BCUT2D eigenvalue weighted by atomic mass is 16.2. The van der Waals surface area contributed by atoms with Crippen LogP contribution in [0, 0.1) is 0 Å². The number of hydrogen-bond acceptors (Lipinski definition) is 4. The summed E-state index contributed by atoms with van der Waals surface area (Å²) in [5.41, 5.74) is 0.173. The number of likely N-dealkylation sites (tertiary alicyclic amines) is 1. The molecule has 0 atom stereocenters. The van der Waals surface area contributed by atoms with E-state index in [1.165, 1.54) is 43.5 Å². The van der Waals surface area contributed by atoms with Gasteiger partial charge in [-0.1, -0.05) is 31.0 Å². The van der Waals surface area contributed by atoms with Crippen molar-refractivity contribution in [2.75, 3.05) is 26.2 Å². The molecule has 2 heterocycles. The lowest BCUT2D eigenvalue weighted by atomic mass is 10.1. The number of aromatic nitrogens is 2. The van der Waals surface area contributed by atoms with Crippen molar-refractivity contribution in [2.45, 2.75) is 52.0 Å². The highest BCUT2D eigenvalue weighted by Crippen LogP contribution is 2.15. The van der Waals surface area contributed by atoms with Gasteiger partial charge in [0.1, 0.15) is 0 Å². The Morgan fingerprint density at radius 3 is 2.44 bits per heavy atom. The zero-order chi connectivity index (χ0) is 19.2. The Hall–Kier alpha value is -2.21. The molecular weight excluding hydrogens is 340 g/mol. The first kappa shape index (κ1) is 19.5. The van der Waals surface area contributed by atoms with Gasteiger partial charge in [-0.2, -0.15) is 5.10 Å². The average molecular weight is 370 g/mol. The van der Waals surface area contributed by atoms with Gasteiger partial charge in [-0.25, -0.2) is 4.68 Å². The third-order valence-corrected chi connectivity index (χ3v) is 5.17. The number of rotatable bonds is 6. The molecule has 2 aromatic rings. The van der Waals surface area contributed by atoms with Gasteiger partial charge in [0, 0.05) is 11.9 Å². The highest BCUT2D eigenvalue weighted by molar-refractivity contribution is 6.04. The van der Waals surface area contributed by atoms with Gasteiger partial charge in [0.15, 0.2) is 5.69 Å². The first-order chi connectivity index (χ1) is 13.1. The molecule has 0 spiro atoms. The smallest absolute Gasteiger partial charge is 0.274 e. The normalized spacial score (nSPS) is 15.8. The lowest BCUT2D eigenvalue weighted by molar-refractivity contribution is 0.0946. The van der Waals surface area contributed by atoms with Crippen molar-refractivity contribution >= 4 is 16.7 Å². The number of fused-ring (bicyclic) bond motifs is 1. The van der Waals surface area contributed by atoms with E-state index in [1.807, 2.05) is 26.0 Å². The van der Waals surface area contributed by atoms with Crippen molar-refractivity contribution in [3.8, 4) is 0 Å². The standard InChI is InChI=1S/C21H30N4O2/c1-16(2)25-21(27)18-11-6-5-10-17(18)19(23-25)20(26)22-12-9-15-24-13-7-3-4-8-14-24/h5-6,10-11,16H,3-4,7-9,12-15H2,1-2H3,(H,22,26). The highest BCUT2D eigenvalue weighted by Gasteiger charge is 2.17. The predicted molar refractivity (Wildman–Crippen MR) is 108 cm³/mol. The Balaban J connectivity index is 1.68. The van der Waals surface area contributed by atoms with Crippen molar-refractivity contribution in [1.29, 1.82) is 0 Å². The molecule has 1 aromatic carbocycles. The minimum Gasteiger partial charge on any atom is -0.351 e. The van der Waals surface area contributed by atoms with E-state index < -0.39 is 0 Å². The molecule has 27 heavy (non-hydrogen) atoms. The predicted octanol–water partition coefficient (Wildman–Crippen LogP) is 2.97. The molecule has 1 aromatic heterocycles. The third kappa shape index (κ3) is 4.75. The molecule has 1 fully saturated rings. The van der Waals surface area contributed by atoms with E-state index in [4.69, 9.17) is 0 Å². The zero-order valence-electron chi connectivity index (χ0n) is 16.4. The maximum atomic E-state index is 12.7. The van der Waals surface area contributed by atoms with Gasteiger partial charge in [-0.05, 0) is 58.8 Å². The molecule has 0 aliphatic carbocycles. The van der Waals surface area contributed by atoms with Gasteiger partial charge in [-0.15, -0.1) is 0 Å². The van der Waals surface area contributed by atoms with Crippen LogP contribution in [0.2, 0.25) is 0 Å². The number of nitrogens with zero attached hydrogens (tertiary/aromatic N) is 3. The summed E-state index contributed by atoms with van der Waals surface area (Å²) in [6.07, 6.45) is 6.14. The van der Waals surface area contributed by atoms with Crippen molar-refractivity contribution in [3.05, 3.63) is 40.3 Å². The summed E-state index contributed by atoms with van der Waals surface area (Å²) in [6.45, 7) is 7.75. The van der Waals surface area contributed by atoms with E-state index in [0.717, 1.165) is 13.0 Å². The van der Waals surface area contributed by atoms with E-state index in [2.05, 4.69) is 15.3 Å². The number of carbonyl (C=O) groups excluding carboxylic acids is 1. The van der Waals surface area contributed by atoms with Crippen LogP contribution in [0.1, 0.15) is 62.5 Å². The molecule has 0 bridgehead atoms.